The Morgan fingerprint density at radius 1 is 0.350 bits per heavy atom. The van der Waals surface area contributed by atoms with E-state index in [2.05, 4.69) is 206 Å². The van der Waals surface area contributed by atoms with Crippen LogP contribution in [0.1, 0.15) is 11.1 Å². The van der Waals surface area contributed by atoms with Crippen LogP contribution in [-0.2, 0) is 14.1 Å². The van der Waals surface area contributed by atoms with Gasteiger partial charge in [0.2, 0.25) is 22.1 Å². The average molecular weight is 777 g/mol. The number of benzene rings is 8. The Morgan fingerprint density at radius 2 is 0.717 bits per heavy atom. The zero-order chi connectivity index (χ0) is 39.1. The quantitative estimate of drug-likeness (QED) is 0.123. The van der Waals surface area contributed by atoms with Gasteiger partial charge in [-0.15, -0.1) is 0 Å². The third-order valence-corrected chi connectivity index (χ3v) is 13.3. The normalized spacial score (nSPS) is 13.1. The van der Waals surface area contributed by atoms with Crippen molar-refractivity contribution >= 4 is 55.0 Å². The number of nitrogens with zero attached hydrogens (tertiary/aromatic N) is 4. The minimum Gasteiger partial charge on any atom is -0.358 e. The zero-order valence-corrected chi connectivity index (χ0v) is 35.6. The minimum absolute atomic E-state index is 0. The summed E-state index contributed by atoms with van der Waals surface area (Å²) in [5, 5.41) is 10.1. The molecule has 0 spiro atoms. The lowest BCUT2D eigenvalue weighted by Crippen LogP contribution is -2.17. The fourth-order valence-electron chi connectivity index (χ4n) is 10.2. The summed E-state index contributed by atoms with van der Waals surface area (Å²) in [5.74, 6) is 0. The van der Waals surface area contributed by atoms with Crippen LogP contribution in [0.2, 0.25) is 0 Å². The molecule has 4 nitrogen and oxygen atoms in total. The fourth-order valence-corrected chi connectivity index (χ4v) is 10.2. The van der Waals surface area contributed by atoms with Crippen molar-refractivity contribution in [2.45, 2.75) is 13.8 Å². The molecule has 8 aromatic carbocycles. The van der Waals surface area contributed by atoms with E-state index in [1.807, 2.05) is 0 Å². The number of fused-ring (bicyclic) bond motifs is 12. The molecule has 0 fully saturated rings. The van der Waals surface area contributed by atoms with Crippen molar-refractivity contribution in [3.8, 4) is 44.5 Å². The molecule has 0 N–H and O–H groups in total. The molecule has 0 aliphatic carbocycles. The molecular formula is C56H48N4. The van der Waals surface area contributed by atoms with Gasteiger partial charge in [0.05, 0.1) is 22.3 Å². The van der Waals surface area contributed by atoms with E-state index in [0.717, 1.165) is 0 Å². The molecule has 4 heterocycles. The SMILES string of the molecule is Cc1ccc2c(c1)-c1c/c(=c3\ccc4c(c3)-c3cc(-c5ccc6c(c5)c5cc(-c7ccc8c(c7)c7cc(C)ccc7n8C)ccc5n6C)ccc3[N+]=4C)ccc1=[N+]2C.[CH3-].[CH3-]. The maximum Gasteiger partial charge on any atom is 0.213 e. The molecule has 0 atom stereocenters. The summed E-state index contributed by atoms with van der Waals surface area (Å²) < 4.78 is 9.29. The second-order valence-corrected chi connectivity index (χ2v) is 16.7. The van der Waals surface area contributed by atoms with Crippen LogP contribution in [0.5, 0.6) is 0 Å². The molecule has 292 valence electrons. The third-order valence-electron chi connectivity index (χ3n) is 13.3. The number of hydrogen-bond donors (Lipinski definition) is 0. The summed E-state index contributed by atoms with van der Waals surface area (Å²) in [5.41, 5.74) is 20.2. The van der Waals surface area contributed by atoms with Crippen molar-refractivity contribution in [1.82, 2.24) is 18.3 Å². The first-order valence-corrected chi connectivity index (χ1v) is 20.2. The van der Waals surface area contributed by atoms with Crippen LogP contribution in [0.3, 0.4) is 0 Å². The summed E-state index contributed by atoms with van der Waals surface area (Å²) in [7, 11) is 8.71. The van der Waals surface area contributed by atoms with Gasteiger partial charge in [0.25, 0.3) is 0 Å². The van der Waals surface area contributed by atoms with Crippen molar-refractivity contribution in [2.75, 3.05) is 14.1 Å². The Hall–Kier alpha value is -7.04. The lowest BCUT2D eigenvalue weighted by Gasteiger charge is -2.06. The molecule has 0 saturated carbocycles. The summed E-state index contributed by atoms with van der Waals surface area (Å²) in [4.78, 5) is 0. The first-order valence-electron chi connectivity index (χ1n) is 20.2. The summed E-state index contributed by atoms with van der Waals surface area (Å²) in [6.07, 6.45) is 0. The van der Waals surface area contributed by atoms with Crippen molar-refractivity contribution in [1.29, 1.82) is 0 Å². The van der Waals surface area contributed by atoms with Crippen LogP contribution in [0.4, 0.5) is 11.4 Å². The highest BCUT2D eigenvalue weighted by atomic mass is 15.0. The lowest BCUT2D eigenvalue weighted by molar-refractivity contribution is 0.918. The van der Waals surface area contributed by atoms with E-state index in [9.17, 15) is 0 Å². The second-order valence-electron chi connectivity index (χ2n) is 16.7. The Bertz CT molecular complexity index is 3750. The van der Waals surface area contributed by atoms with Gasteiger partial charge >= 0.3 is 0 Å². The maximum absolute atomic E-state index is 2.40. The highest BCUT2D eigenvalue weighted by Gasteiger charge is 2.27. The predicted molar refractivity (Wildman–Crippen MR) is 255 cm³/mol. The van der Waals surface area contributed by atoms with E-state index in [4.69, 9.17) is 0 Å². The maximum atomic E-state index is 2.40. The van der Waals surface area contributed by atoms with Crippen LogP contribution < -0.4 is 19.9 Å². The largest absolute Gasteiger partial charge is 0.358 e. The molecule has 10 aromatic rings. The topological polar surface area (TPSA) is 15.9 Å². The van der Waals surface area contributed by atoms with Crippen LogP contribution >= 0.6 is 0 Å². The first kappa shape index (κ1) is 37.2. The molecule has 2 aliphatic rings. The van der Waals surface area contributed by atoms with Crippen LogP contribution in [0.25, 0.3) is 88.1 Å². The fraction of sp³-hybridized carbons (Fsp3) is 0.107. The van der Waals surface area contributed by atoms with Gasteiger partial charge in [-0.2, -0.15) is 9.15 Å². The zero-order valence-electron chi connectivity index (χ0n) is 35.6. The Balaban J connectivity index is 0.00000216. The van der Waals surface area contributed by atoms with Gasteiger partial charge in [0, 0.05) is 82.0 Å². The minimum atomic E-state index is 0. The van der Waals surface area contributed by atoms with Crippen molar-refractivity contribution in [3.63, 3.8) is 0 Å². The number of hydrogen-bond acceptors (Lipinski definition) is 0. The summed E-state index contributed by atoms with van der Waals surface area (Å²) >= 11 is 0. The van der Waals surface area contributed by atoms with Crippen molar-refractivity contribution in [2.24, 2.45) is 14.1 Å². The number of aromatic nitrogens is 2. The van der Waals surface area contributed by atoms with Gasteiger partial charge < -0.3 is 24.0 Å². The van der Waals surface area contributed by atoms with E-state index >= 15 is 0 Å². The monoisotopic (exact) mass is 776 g/mol. The number of rotatable bonds is 2. The molecule has 60 heavy (non-hydrogen) atoms. The first-order chi connectivity index (χ1) is 28.2. The molecule has 12 rings (SSSR count). The standard InChI is InChI=1S/C54H42N4.2CH3/c1-31-7-15-47-39(23-31)41-25-33(9-17-49(41)55(47)3)35-11-19-51-43(27-35)45-29-37(13-21-53(45)57(51)5)38-14-22-54-46(30-38)44-28-36(12-20-52(44)58(54)6)34-10-18-50-42(26-34)40-24-32(2)8-16-48(40)56(50)4;;/h7-30H,1-6H3;2*1H3/q+2;2*-1. The van der Waals surface area contributed by atoms with Crippen LogP contribution in [0, 0.1) is 39.1 Å². The Morgan fingerprint density at radius 3 is 1.22 bits per heavy atom. The molecule has 0 saturated heterocycles. The van der Waals surface area contributed by atoms with Crippen LogP contribution in [0.15, 0.2) is 146 Å². The molecular weight excluding hydrogens is 729 g/mol. The molecule has 0 radical (unpaired) electrons. The van der Waals surface area contributed by atoms with Gasteiger partial charge in [0.1, 0.15) is 14.1 Å². The van der Waals surface area contributed by atoms with E-state index < -0.39 is 0 Å². The van der Waals surface area contributed by atoms with Crippen LogP contribution in [-0.4, -0.2) is 23.2 Å². The second kappa shape index (κ2) is 13.2. The lowest BCUT2D eigenvalue weighted by atomic mass is 9.96. The highest BCUT2D eigenvalue weighted by Crippen LogP contribution is 2.40. The predicted octanol–water partition coefficient (Wildman–Crippen LogP) is 12.0. The van der Waals surface area contributed by atoms with Gasteiger partial charge in [-0.25, -0.2) is 0 Å². The molecule has 2 aromatic heterocycles. The van der Waals surface area contributed by atoms with E-state index in [0.29, 0.717) is 0 Å². The van der Waals surface area contributed by atoms with Gasteiger partial charge in [0.15, 0.2) is 0 Å². The van der Waals surface area contributed by atoms with Gasteiger partial charge in [-0.1, -0.05) is 41.5 Å². The average Bonchev–Trinajstić information content (AvgIpc) is 3.90. The van der Waals surface area contributed by atoms with E-state index in [1.165, 1.54) is 132 Å². The third kappa shape index (κ3) is 5.16. The van der Waals surface area contributed by atoms with Gasteiger partial charge in [-0.05, 0) is 138 Å². The molecule has 0 amide bonds. The summed E-state index contributed by atoms with van der Waals surface area (Å²) in [6, 6.07) is 55.3. The Labute approximate surface area is 351 Å². The molecule has 4 heteroatoms. The summed E-state index contributed by atoms with van der Waals surface area (Å²) in [6.45, 7) is 4.35. The van der Waals surface area contributed by atoms with Crippen molar-refractivity contribution < 1.29 is 0 Å². The molecule has 0 bridgehead atoms. The van der Waals surface area contributed by atoms with Gasteiger partial charge in [-0.3, -0.25) is 0 Å². The molecule has 0 unspecified atom stereocenters. The van der Waals surface area contributed by atoms with E-state index in [1.54, 1.807) is 0 Å². The smallest absolute Gasteiger partial charge is 0.213 e. The highest BCUT2D eigenvalue weighted by molar-refractivity contribution is 6.12. The van der Waals surface area contributed by atoms with Crippen molar-refractivity contribution in [3.05, 3.63) is 193 Å². The Kier molecular flexibility index (Phi) is 8.22. The molecule has 2 aliphatic heterocycles. The van der Waals surface area contributed by atoms with E-state index in [-0.39, 0.29) is 14.9 Å². The number of aryl methyl sites for hydroxylation is 4.